The van der Waals surface area contributed by atoms with Gasteiger partial charge in [0.25, 0.3) is 5.91 Å². The summed E-state index contributed by atoms with van der Waals surface area (Å²) in [6.45, 7) is 2.73. The Morgan fingerprint density at radius 2 is 2.14 bits per heavy atom. The lowest BCUT2D eigenvalue weighted by atomic mass is 10.2. The molecule has 0 bridgehead atoms. The molecule has 0 aliphatic heterocycles. The largest absolute Gasteiger partial charge is 0.333 e. The maximum Gasteiger partial charge on any atom is 0.273 e. The molecule has 1 heterocycles. The molecule has 1 amide bonds. The number of carbonyl (C=O) groups is 1. The van der Waals surface area contributed by atoms with Crippen molar-refractivity contribution in [2.24, 2.45) is 5.73 Å². The first-order valence-corrected chi connectivity index (χ1v) is 7.30. The Labute approximate surface area is 125 Å². The highest BCUT2D eigenvalue weighted by Crippen LogP contribution is 2.15. The van der Waals surface area contributed by atoms with Crippen molar-refractivity contribution in [1.82, 2.24) is 9.88 Å². The van der Waals surface area contributed by atoms with Gasteiger partial charge in [-0.15, -0.1) is 11.3 Å². The van der Waals surface area contributed by atoms with Gasteiger partial charge in [0, 0.05) is 25.0 Å². The molecule has 2 rings (SSSR count). The number of thiazole rings is 1. The molecule has 0 radical (unpaired) electrons. The minimum absolute atomic E-state index is 0.196. The van der Waals surface area contributed by atoms with Gasteiger partial charge in [-0.1, -0.05) is 6.07 Å². The van der Waals surface area contributed by atoms with Gasteiger partial charge in [0.15, 0.2) is 11.6 Å². The number of hydrogen-bond donors (Lipinski definition) is 1. The van der Waals surface area contributed by atoms with Crippen LogP contribution in [0.15, 0.2) is 23.6 Å². The van der Waals surface area contributed by atoms with Gasteiger partial charge >= 0.3 is 0 Å². The molecule has 0 fully saturated rings. The van der Waals surface area contributed by atoms with E-state index in [0.717, 1.165) is 12.1 Å². The lowest BCUT2D eigenvalue weighted by molar-refractivity contribution is 0.0747. The summed E-state index contributed by atoms with van der Waals surface area (Å²) in [5, 5.41) is 2.33. The standard InChI is InChI=1S/C14H15F2N3OS/c1-2-19(7-9-3-4-10(15)11(16)5-9)14(20)12-8-21-13(6-17)18-12/h3-5,8H,2,6-7,17H2,1H3. The summed E-state index contributed by atoms with van der Waals surface area (Å²) in [5.41, 5.74) is 6.32. The van der Waals surface area contributed by atoms with E-state index >= 15 is 0 Å². The second kappa shape index (κ2) is 6.73. The highest BCUT2D eigenvalue weighted by molar-refractivity contribution is 7.09. The van der Waals surface area contributed by atoms with Crippen molar-refractivity contribution >= 4 is 17.2 Å². The molecule has 2 aromatic rings. The summed E-state index contributed by atoms with van der Waals surface area (Å²) in [6, 6.07) is 3.61. The number of rotatable bonds is 5. The van der Waals surface area contributed by atoms with E-state index in [1.807, 2.05) is 6.92 Å². The first-order valence-electron chi connectivity index (χ1n) is 6.42. The first kappa shape index (κ1) is 15.5. The molecule has 21 heavy (non-hydrogen) atoms. The lowest BCUT2D eigenvalue weighted by Gasteiger charge is -2.20. The van der Waals surface area contributed by atoms with Crippen LogP contribution < -0.4 is 5.73 Å². The molecule has 7 heteroatoms. The second-order valence-electron chi connectivity index (χ2n) is 4.40. The van der Waals surface area contributed by atoms with Gasteiger partial charge in [0.05, 0.1) is 0 Å². The number of nitrogens with two attached hydrogens (primary N) is 1. The van der Waals surface area contributed by atoms with Crippen LogP contribution in [0.4, 0.5) is 8.78 Å². The van der Waals surface area contributed by atoms with Crippen LogP contribution in [0, 0.1) is 11.6 Å². The molecule has 2 N–H and O–H groups in total. The van der Waals surface area contributed by atoms with Gasteiger partial charge in [0.1, 0.15) is 10.7 Å². The van der Waals surface area contributed by atoms with Crippen LogP contribution in [0.25, 0.3) is 0 Å². The maximum absolute atomic E-state index is 13.2. The Bertz CT molecular complexity index is 645. The molecule has 112 valence electrons. The van der Waals surface area contributed by atoms with Crippen molar-refractivity contribution in [3.8, 4) is 0 Å². The summed E-state index contributed by atoms with van der Waals surface area (Å²) in [6.07, 6.45) is 0. The van der Waals surface area contributed by atoms with Crippen molar-refractivity contribution in [3.63, 3.8) is 0 Å². The topological polar surface area (TPSA) is 59.2 Å². The Morgan fingerprint density at radius 1 is 1.38 bits per heavy atom. The number of benzene rings is 1. The fraction of sp³-hybridized carbons (Fsp3) is 0.286. The van der Waals surface area contributed by atoms with Gasteiger partial charge in [-0.3, -0.25) is 4.79 Å². The first-order chi connectivity index (χ1) is 10.0. The van der Waals surface area contributed by atoms with Gasteiger partial charge < -0.3 is 10.6 Å². The monoisotopic (exact) mass is 311 g/mol. The van der Waals surface area contributed by atoms with Gasteiger partial charge in [-0.2, -0.15) is 0 Å². The molecule has 0 saturated carbocycles. The number of nitrogens with zero attached hydrogens (tertiary/aromatic N) is 2. The summed E-state index contributed by atoms with van der Waals surface area (Å²) in [4.78, 5) is 18.0. The molecule has 0 aliphatic rings. The van der Waals surface area contributed by atoms with Crippen LogP contribution in [-0.4, -0.2) is 22.3 Å². The fourth-order valence-electron chi connectivity index (χ4n) is 1.85. The highest BCUT2D eigenvalue weighted by atomic mass is 32.1. The normalized spacial score (nSPS) is 10.7. The molecular formula is C14H15F2N3OS. The quantitative estimate of drug-likeness (QED) is 0.923. The molecule has 0 aliphatic carbocycles. The van der Waals surface area contributed by atoms with Crippen LogP contribution in [0.1, 0.15) is 28.0 Å². The zero-order valence-corrected chi connectivity index (χ0v) is 12.3. The predicted octanol–water partition coefficient (Wildman–Crippen LogP) is 2.54. The minimum atomic E-state index is -0.921. The van der Waals surface area contributed by atoms with Crippen molar-refractivity contribution in [3.05, 3.63) is 51.5 Å². The third-order valence-electron chi connectivity index (χ3n) is 2.97. The molecule has 0 atom stereocenters. The lowest BCUT2D eigenvalue weighted by Crippen LogP contribution is -2.30. The Hall–Kier alpha value is -1.86. The third-order valence-corrected chi connectivity index (χ3v) is 3.84. The SMILES string of the molecule is CCN(Cc1ccc(F)c(F)c1)C(=O)c1csc(CN)n1. The summed E-state index contributed by atoms with van der Waals surface area (Å²) < 4.78 is 26.1. The van der Waals surface area contributed by atoms with Crippen LogP contribution >= 0.6 is 11.3 Å². The predicted molar refractivity (Wildman–Crippen MR) is 76.8 cm³/mol. The molecule has 0 spiro atoms. The van der Waals surface area contributed by atoms with E-state index in [0.29, 0.717) is 22.8 Å². The van der Waals surface area contributed by atoms with Crippen molar-refractivity contribution in [1.29, 1.82) is 0 Å². The summed E-state index contributed by atoms with van der Waals surface area (Å²) in [5.74, 6) is -2.08. The molecule has 0 unspecified atom stereocenters. The van der Waals surface area contributed by atoms with E-state index < -0.39 is 11.6 Å². The number of amides is 1. The Morgan fingerprint density at radius 3 is 2.71 bits per heavy atom. The van der Waals surface area contributed by atoms with Gasteiger partial charge in [-0.25, -0.2) is 13.8 Å². The Balaban J connectivity index is 2.15. The molecule has 0 saturated heterocycles. The fourth-order valence-corrected chi connectivity index (χ4v) is 2.50. The highest BCUT2D eigenvalue weighted by Gasteiger charge is 2.18. The molecular weight excluding hydrogens is 296 g/mol. The van der Waals surface area contributed by atoms with Crippen LogP contribution in [0.2, 0.25) is 0 Å². The van der Waals surface area contributed by atoms with Crippen molar-refractivity contribution in [2.75, 3.05) is 6.54 Å². The zero-order valence-electron chi connectivity index (χ0n) is 11.5. The van der Waals surface area contributed by atoms with Crippen molar-refractivity contribution < 1.29 is 13.6 Å². The smallest absolute Gasteiger partial charge is 0.273 e. The summed E-state index contributed by atoms with van der Waals surface area (Å²) >= 11 is 1.32. The van der Waals surface area contributed by atoms with E-state index in [2.05, 4.69) is 4.98 Å². The Kier molecular flexibility index (Phi) is 4.98. The van der Waals surface area contributed by atoms with E-state index in [1.54, 1.807) is 5.38 Å². The summed E-state index contributed by atoms with van der Waals surface area (Å²) in [7, 11) is 0. The minimum Gasteiger partial charge on any atom is -0.333 e. The molecule has 1 aromatic heterocycles. The van der Waals surface area contributed by atoms with E-state index in [4.69, 9.17) is 5.73 Å². The second-order valence-corrected chi connectivity index (χ2v) is 5.34. The number of aromatic nitrogens is 1. The van der Waals surface area contributed by atoms with Crippen LogP contribution in [-0.2, 0) is 13.1 Å². The van der Waals surface area contributed by atoms with E-state index in [-0.39, 0.29) is 19.0 Å². The van der Waals surface area contributed by atoms with E-state index in [9.17, 15) is 13.6 Å². The van der Waals surface area contributed by atoms with Crippen LogP contribution in [0.5, 0.6) is 0 Å². The van der Waals surface area contributed by atoms with Gasteiger partial charge in [0.2, 0.25) is 0 Å². The average Bonchev–Trinajstić information content (AvgIpc) is 2.96. The maximum atomic E-state index is 13.2. The zero-order chi connectivity index (χ0) is 15.4. The number of carbonyl (C=O) groups excluding carboxylic acids is 1. The number of hydrogen-bond acceptors (Lipinski definition) is 4. The molecule has 1 aromatic carbocycles. The van der Waals surface area contributed by atoms with Crippen molar-refractivity contribution in [2.45, 2.75) is 20.0 Å². The number of halogens is 2. The van der Waals surface area contributed by atoms with Crippen LogP contribution in [0.3, 0.4) is 0 Å². The average molecular weight is 311 g/mol. The van der Waals surface area contributed by atoms with Gasteiger partial charge in [-0.05, 0) is 24.6 Å². The van der Waals surface area contributed by atoms with E-state index in [1.165, 1.54) is 22.3 Å². The molecule has 4 nitrogen and oxygen atoms in total. The third kappa shape index (κ3) is 3.62.